The molecule has 1 saturated heterocycles. The van der Waals surface area contributed by atoms with Gasteiger partial charge in [-0.15, -0.1) is 11.3 Å². The molecular weight excluding hydrogens is 442 g/mol. The highest BCUT2D eigenvalue weighted by Gasteiger charge is 2.28. The molecule has 3 heterocycles. The minimum atomic E-state index is -0.719. The summed E-state index contributed by atoms with van der Waals surface area (Å²) < 4.78 is 2.35. The fourth-order valence-corrected chi connectivity index (χ4v) is 4.61. The van der Waals surface area contributed by atoms with Crippen LogP contribution < -0.4 is 21.5 Å². The van der Waals surface area contributed by atoms with Gasteiger partial charge in [0.05, 0.1) is 15.7 Å². The molecule has 0 saturated carbocycles. The molecule has 1 aliphatic rings. The maximum atomic E-state index is 13.1. The van der Waals surface area contributed by atoms with Gasteiger partial charge in [-0.25, -0.2) is 9.78 Å². The van der Waals surface area contributed by atoms with Crippen LogP contribution in [0.5, 0.6) is 0 Å². The Labute approximate surface area is 191 Å². The second-order valence-electron chi connectivity index (χ2n) is 7.76. The number of anilines is 1. The minimum Gasteiger partial charge on any atom is -0.334 e. The van der Waals surface area contributed by atoms with Crippen LogP contribution in [0, 0.1) is 0 Å². The fourth-order valence-electron chi connectivity index (χ4n) is 3.89. The van der Waals surface area contributed by atoms with Crippen molar-refractivity contribution >= 4 is 55.9 Å². The van der Waals surface area contributed by atoms with Gasteiger partial charge in [0.2, 0.25) is 11.8 Å². The number of thiazole rings is 1. The number of hydrogen-bond acceptors (Lipinski definition) is 6. The van der Waals surface area contributed by atoms with Crippen LogP contribution in [0.1, 0.15) is 24.4 Å². The van der Waals surface area contributed by atoms with Crippen LogP contribution in [0.25, 0.3) is 21.0 Å². The number of carbonyl (C=O) groups excluding carboxylic acids is 3. The molecule has 4 aromatic rings. The lowest BCUT2D eigenvalue weighted by atomic mass is 10.0. The van der Waals surface area contributed by atoms with E-state index >= 15 is 0 Å². The van der Waals surface area contributed by atoms with Crippen LogP contribution in [0.2, 0.25) is 0 Å². The van der Waals surface area contributed by atoms with E-state index in [9.17, 15) is 19.2 Å². The molecule has 1 fully saturated rings. The number of pyridine rings is 1. The summed E-state index contributed by atoms with van der Waals surface area (Å²) in [6, 6.07) is 11.5. The standard InChI is InChI=1S/C23H19N5O4S/c29-20-6-5-18(21(30)27-20)28-8-7-14-2-1-13(9-16(14)22(28)31)11-24-23(32)26-15-3-4-17-19(10-15)33-12-25-17/h1-4,7-10,12,18H,5-6,11H2,(H2,24,26,32)(H,27,29,30). The van der Waals surface area contributed by atoms with Crippen molar-refractivity contribution < 1.29 is 14.4 Å². The van der Waals surface area contributed by atoms with Gasteiger partial charge in [-0.1, -0.05) is 12.1 Å². The average Bonchev–Trinajstić information content (AvgIpc) is 3.27. The average molecular weight is 462 g/mol. The van der Waals surface area contributed by atoms with Crippen molar-refractivity contribution in [1.82, 2.24) is 20.2 Å². The lowest BCUT2D eigenvalue weighted by Crippen LogP contribution is -2.44. The van der Waals surface area contributed by atoms with Gasteiger partial charge in [0.1, 0.15) is 6.04 Å². The molecule has 0 spiro atoms. The van der Waals surface area contributed by atoms with Crippen LogP contribution in [0.15, 0.2) is 59.0 Å². The van der Waals surface area contributed by atoms with E-state index in [1.165, 1.54) is 15.9 Å². The molecule has 0 aliphatic carbocycles. The van der Waals surface area contributed by atoms with E-state index in [2.05, 4.69) is 20.9 Å². The summed E-state index contributed by atoms with van der Waals surface area (Å²) in [4.78, 5) is 53.2. The summed E-state index contributed by atoms with van der Waals surface area (Å²) in [5.74, 6) is -0.803. The van der Waals surface area contributed by atoms with Gasteiger partial charge >= 0.3 is 6.03 Å². The van der Waals surface area contributed by atoms with Crippen molar-refractivity contribution in [1.29, 1.82) is 0 Å². The van der Waals surface area contributed by atoms with Gasteiger partial charge in [0.25, 0.3) is 5.56 Å². The van der Waals surface area contributed by atoms with Crippen LogP contribution >= 0.6 is 11.3 Å². The monoisotopic (exact) mass is 461 g/mol. The summed E-state index contributed by atoms with van der Waals surface area (Å²) in [6.45, 7) is 0.220. The molecule has 33 heavy (non-hydrogen) atoms. The van der Waals surface area contributed by atoms with E-state index in [1.807, 2.05) is 18.2 Å². The summed E-state index contributed by atoms with van der Waals surface area (Å²) in [7, 11) is 0. The number of urea groups is 1. The molecule has 166 valence electrons. The van der Waals surface area contributed by atoms with E-state index in [0.717, 1.165) is 21.2 Å². The summed E-state index contributed by atoms with van der Waals surface area (Å²) in [5, 5.41) is 9.04. The third kappa shape index (κ3) is 4.20. The molecule has 4 amide bonds. The Bertz CT molecular complexity index is 1470. The highest BCUT2D eigenvalue weighted by Crippen LogP contribution is 2.22. The molecule has 10 heteroatoms. The number of rotatable bonds is 4. The molecule has 3 N–H and O–H groups in total. The number of aromatic nitrogens is 2. The van der Waals surface area contributed by atoms with Gasteiger partial charge in [-0.05, 0) is 47.7 Å². The molecule has 0 radical (unpaired) electrons. The number of nitrogens with one attached hydrogen (secondary N) is 3. The van der Waals surface area contributed by atoms with E-state index in [-0.39, 0.29) is 36.9 Å². The number of hydrogen-bond donors (Lipinski definition) is 3. The number of fused-ring (bicyclic) bond motifs is 2. The molecule has 1 aliphatic heterocycles. The summed E-state index contributed by atoms with van der Waals surface area (Å²) in [6.07, 6.45) is 2.05. The fraction of sp³-hybridized carbons (Fsp3) is 0.174. The predicted octanol–water partition coefficient (Wildman–Crippen LogP) is 2.91. The normalized spacial score (nSPS) is 16.1. The number of piperidine rings is 1. The van der Waals surface area contributed by atoms with Crippen LogP contribution in [0.4, 0.5) is 10.5 Å². The molecule has 1 atom stereocenters. The maximum Gasteiger partial charge on any atom is 0.319 e. The Morgan fingerprint density at radius 1 is 1.15 bits per heavy atom. The predicted molar refractivity (Wildman–Crippen MR) is 125 cm³/mol. The molecular formula is C23H19N5O4S. The van der Waals surface area contributed by atoms with Crippen LogP contribution in [-0.2, 0) is 16.1 Å². The van der Waals surface area contributed by atoms with Gasteiger partial charge in [-0.3, -0.25) is 19.7 Å². The van der Waals surface area contributed by atoms with E-state index in [1.54, 1.807) is 36.0 Å². The highest BCUT2D eigenvalue weighted by atomic mass is 32.1. The lowest BCUT2D eigenvalue weighted by Gasteiger charge is -2.23. The Morgan fingerprint density at radius 3 is 2.88 bits per heavy atom. The van der Waals surface area contributed by atoms with Crippen molar-refractivity contribution in [3.8, 4) is 0 Å². The molecule has 0 bridgehead atoms. The van der Waals surface area contributed by atoms with Gasteiger partial charge in [0, 0.05) is 30.2 Å². The van der Waals surface area contributed by atoms with Gasteiger partial charge in [-0.2, -0.15) is 0 Å². The Kier molecular flexibility index (Phi) is 5.35. The number of imide groups is 1. The zero-order valence-corrected chi connectivity index (χ0v) is 18.1. The smallest absolute Gasteiger partial charge is 0.319 e. The zero-order chi connectivity index (χ0) is 22.9. The quantitative estimate of drug-likeness (QED) is 0.404. The van der Waals surface area contributed by atoms with Crippen molar-refractivity contribution in [3.63, 3.8) is 0 Å². The number of benzene rings is 2. The second kappa shape index (κ2) is 8.47. The third-order valence-electron chi connectivity index (χ3n) is 5.59. The number of amides is 4. The SMILES string of the molecule is O=C1CCC(n2ccc3ccc(CNC(=O)Nc4ccc5ncsc5c4)cc3c2=O)C(=O)N1. The van der Waals surface area contributed by atoms with E-state index < -0.39 is 11.9 Å². The maximum absolute atomic E-state index is 13.1. The van der Waals surface area contributed by atoms with Crippen molar-refractivity contribution in [2.75, 3.05) is 5.32 Å². The molecule has 5 rings (SSSR count). The first-order valence-corrected chi connectivity index (χ1v) is 11.2. The van der Waals surface area contributed by atoms with Crippen molar-refractivity contribution in [2.24, 2.45) is 0 Å². The largest absolute Gasteiger partial charge is 0.334 e. The minimum absolute atomic E-state index is 0.190. The number of carbonyl (C=O) groups is 3. The summed E-state index contributed by atoms with van der Waals surface area (Å²) in [5.41, 5.74) is 3.72. The molecule has 1 unspecified atom stereocenters. The third-order valence-corrected chi connectivity index (χ3v) is 6.38. The number of nitrogens with zero attached hydrogens (tertiary/aromatic N) is 2. The topological polar surface area (TPSA) is 122 Å². The van der Waals surface area contributed by atoms with Crippen molar-refractivity contribution in [3.05, 3.63) is 70.1 Å². The van der Waals surface area contributed by atoms with E-state index in [4.69, 9.17) is 0 Å². The molecule has 9 nitrogen and oxygen atoms in total. The first-order chi connectivity index (χ1) is 16.0. The zero-order valence-electron chi connectivity index (χ0n) is 17.3. The Morgan fingerprint density at radius 2 is 2.03 bits per heavy atom. The van der Waals surface area contributed by atoms with Crippen LogP contribution in [0.3, 0.4) is 0 Å². The second-order valence-corrected chi connectivity index (χ2v) is 8.65. The van der Waals surface area contributed by atoms with E-state index in [0.29, 0.717) is 11.1 Å². The molecule has 2 aromatic carbocycles. The highest BCUT2D eigenvalue weighted by molar-refractivity contribution is 7.16. The Balaban J connectivity index is 1.31. The van der Waals surface area contributed by atoms with Crippen molar-refractivity contribution in [2.45, 2.75) is 25.4 Å². The summed E-state index contributed by atoms with van der Waals surface area (Å²) >= 11 is 1.50. The lowest BCUT2D eigenvalue weighted by molar-refractivity contribution is -0.135. The first-order valence-electron chi connectivity index (χ1n) is 10.3. The van der Waals surface area contributed by atoms with Crippen LogP contribution in [-0.4, -0.2) is 27.4 Å². The Hall–Kier alpha value is -4.05. The van der Waals surface area contributed by atoms with Gasteiger partial charge < -0.3 is 15.2 Å². The molecule has 2 aromatic heterocycles. The van der Waals surface area contributed by atoms with Gasteiger partial charge in [0.15, 0.2) is 0 Å². The first kappa shape index (κ1) is 20.8.